The number of rotatable bonds is 3. The minimum Gasteiger partial charge on any atom is -0.320 e. The molecule has 4 rings (SSSR count). The number of halogens is 1. The van der Waals surface area contributed by atoms with E-state index in [1.807, 2.05) is 43.4 Å². The Morgan fingerprint density at radius 3 is 2.60 bits per heavy atom. The predicted molar refractivity (Wildman–Crippen MR) is 105 cm³/mol. The van der Waals surface area contributed by atoms with Gasteiger partial charge in [0, 0.05) is 22.7 Å². The Morgan fingerprint density at radius 2 is 1.80 bits per heavy atom. The van der Waals surface area contributed by atoms with Crippen LogP contribution in [-0.4, -0.2) is 43.9 Å². The van der Waals surface area contributed by atoms with Gasteiger partial charge in [0.1, 0.15) is 0 Å². The fraction of sp³-hybridized carbons (Fsp3) is 0.211. The first-order valence-corrected chi connectivity index (χ1v) is 8.59. The topological polar surface area (TPSA) is 52.4 Å². The van der Waals surface area contributed by atoms with Gasteiger partial charge in [-0.15, -0.1) is 5.10 Å². The van der Waals surface area contributed by atoms with E-state index in [2.05, 4.69) is 32.6 Å². The number of para-hydroxylation sites is 1. The van der Waals surface area contributed by atoms with Gasteiger partial charge in [0.2, 0.25) is 0 Å². The average molecular weight is 352 g/mol. The first kappa shape index (κ1) is 16.0. The molecular formula is C19H18ClN5. The minimum absolute atomic E-state index is 0.478. The van der Waals surface area contributed by atoms with Crippen LogP contribution in [0.25, 0.3) is 0 Å². The molecule has 0 aromatic heterocycles. The van der Waals surface area contributed by atoms with Crippen LogP contribution >= 0.6 is 11.6 Å². The number of hydrogen-bond acceptors (Lipinski definition) is 5. The van der Waals surface area contributed by atoms with Gasteiger partial charge in [0.15, 0.2) is 5.84 Å². The highest BCUT2D eigenvalue weighted by Crippen LogP contribution is 2.30. The molecule has 2 aliphatic heterocycles. The van der Waals surface area contributed by atoms with Crippen molar-refractivity contribution < 1.29 is 0 Å². The molecule has 0 unspecified atom stereocenters. The van der Waals surface area contributed by atoms with Crippen LogP contribution in [0.4, 0.5) is 5.69 Å². The van der Waals surface area contributed by atoms with E-state index in [1.54, 1.807) is 0 Å². The largest absolute Gasteiger partial charge is 0.320 e. The van der Waals surface area contributed by atoms with Crippen molar-refractivity contribution >= 4 is 34.5 Å². The summed E-state index contributed by atoms with van der Waals surface area (Å²) < 4.78 is 0. The molecule has 2 aromatic carbocycles. The van der Waals surface area contributed by atoms with Crippen molar-refractivity contribution in [1.29, 1.82) is 0 Å². The van der Waals surface area contributed by atoms with E-state index in [0.717, 1.165) is 34.1 Å². The summed E-state index contributed by atoms with van der Waals surface area (Å²) in [5, 5.41) is 12.6. The Kier molecular flexibility index (Phi) is 4.34. The van der Waals surface area contributed by atoms with E-state index in [-0.39, 0.29) is 0 Å². The summed E-state index contributed by atoms with van der Waals surface area (Å²) in [6.07, 6.45) is 0. The molecule has 2 aliphatic rings. The summed E-state index contributed by atoms with van der Waals surface area (Å²) in [4.78, 5) is 7.02. The quantitative estimate of drug-likeness (QED) is 0.924. The molecule has 0 amide bonds. The molecule has 6 heteroatoms. The summed E-state index contributed by atoms with van der Waals surface area (Å²) in [6, 6.07) is 16.1. The highest BCUT2D eigenvalue weighted by atomic mass is 35.5. The molecule has 0 bridgehead atoms. The molecule has 2 heterocycles. The molecule has 2 aromatic rings. The lowest BCUT2D eigenvalue weighted by atomic mass is 10.00. The van der Waals surface area contributed by atoms with Crippen LogP contribution in [0.5, 0.6) is 0 Å². The van der Waals surface area contributed by atoms with Gasteiger partial charge in [-0.2, -0.15) is 5.10 Å². The van der Waals surface area contributed by atoms with Gasteiger partial charge in [-0.3, -0.25) is 4.99 Å². The van der Waals surface area contributed by atoms with Crippen LogP contribution in [0.1, 0.15) is 11.1 Å². The smallest absolute Gasteiger partial charge is 0.154 e. The zero-order chi connectivity index (χ0) is 17.2. The third-order valence-corrected chi connectivity index (χ3v) is 4.63. The molecule has 0 aliphatic carbocycles. The molecule has 0 fully saturated rings. The lowest BCUT2D eigenvalue weighted by molar-refractivity contribution is 0.908. The molecule has 5 nitrogen and oxygen atoms in total. The Hall–Kier alpha value is -2.50. The minimum atomic E-state index is 0.478. The second kappa shape index (κ2) is 6.78. The standard InChI is InChI=1S/C19H18ClN5/c1-21-10-13-12-25-17-9-5-3-7-15(17)19(22-11-18(25)24-23-13)14-6-2-4-8-16(14)20/h2-9,21H,10-12H2,1H3. The Balaban J connectivity index is 1.84. The maximum absolute atomic E-state index is 6.44. The highest BCUT2D eigenvalue weighted by molar-refractivity contribution is 6.36. The van der Waals surface area contributed by atoms with Gasteiger partial charge in [-0.25, -0.2) is 0 Å². The van der Waals surface area contributed by atoms with Crippen molar-refractivity contribution in [2.75, 3.05) is 31.6 Å². The van der Waals surface area contributed by atoms with Crippen molar-refractivity contribution in [2.45, 2.75) is 0 Å². The zero-order valence-electron chi connectivity index (χ0n) is 13.9. The van der Waals surface area contributed by atoms with Gasteiger partial charge in [-0.05, 0) is 19.2 Å². The van der Waals surface area contributed by atoms with Gasteiger partial charge in [0.25, 0.3) is 0 Å². The van der Waals surface area contributed by atoms with Gasteiger partial charge in [0.05, 0.1) is 30.2 Å². The number of nitrogens with zero attached hydrogens (tertiary/aromatic N) is 4. The van der Waals surface area contributed by atoms with Crippen LogP contribution in [0.3, 0.4) is 0 Å². The zero-order valence-corrected chi connectivity index (χ0v) is 14.7. The van der Waals surface area contributed by atoms with Crippen molar-refractivity contribution in [3.8, 4) is 0 Å². The van der Waals surface area contributed by atoms with Crippen LogP contribution in [0, 0.1) is 0 Å². The summed E-state index contributed by atoms with van der Waals surface area (Å²) >= 11 is 6.44. The molecule has 0 atom stereocenters. The van der Waals surface area contributed by atoms with Crippen LogP contribution in [0.15, 0.2) is 63.7 Å². The lowest BCUT2D eigenvalue weighted by Gasteiger charge is -2.28. The van der Waals surface area contributed by atoms with E-state index >= 15 is 0 Å². The fourth-order valence-corrected chi connectivity index (χ4v) is 3.38. The van der Waals surface area contributed by atoms with E-state index in [4.69, 9.17) is 16.6 Å². The van der Waals surface area contributed by atoms with Crippen molar-refractivity contribution in [2.24, 2.45) is 15.2 Å². The second-order valence-electron chi connectivity index (χ2n) is 5.96. The molecule has 1 N–H and O–H groups in total. The molecular weight excluding hydrogens is 334 g/mol. The Bertz CT molecular complexity index is 900. The third-order valence-electron chi connectivity index (χ3n) is 4.30. The summed E-state index contributed by atoms with van der Waals surface area (Å²) in [5.41, 5.74) is 4.98. The maximum atomic E-state index is 6.44. The van der Waals surface area contributed by atoms with Crippen molar-refractivity contribution in [1.82, 2.24) is 5.32 Å². The second-order valence-corrected chi connectivity index (χ2v) is 6.37. The van der Waals surface area contributed by atoms with Crippen LogP contribution in [-0.2, 0) is 0 Å². The van der Waals surface area contributed by atoms with Crippen LogP contribution < -0.4 is 10.2 Å². The normalized spacial score (nSPS) is 16.2. The number of amidine groups is 1. The van der Waals surface area contributed by atoms with Crippen molar-refractivity contribution in [3.05, 3.63) is 64.7 Å². The first-order chi connectivity index (χ1) is 12.3. The molecule has 0 radical (unpaired) electrons. The van der Waals surface area contributed by atoms with E-state index < -0.39 is 0 Å². The highest BCUT2D eigenvalue weighted by Gasteiger charge is 2.27. The molecule has 0 spiro atoms. The first-order valence-electron chi connectivity index (χ1n) is 8.21. The molecule has 0 saturated carbocycles. The Labute approximate surface area is 151 Å². The van der Waals surface area contributed by atoms with Crippen molar-refractivity contribution in [3.63, 3.8) is 0 Å². The predicted octanol–water partition coefficient (Wildman–Crippen LogP) is 2.98. The number of hydrogen-bond donors (Lipinski definition) is 1. The number of fused-ring (bicyclic) bond motifs is 3. The number of aliphatic imine (C=N–C) groups is 1. The van der Waals surface area contributed by atoms with Gasteiger partial charge >= 0.3 is 0 Å². The monoisotopic (exact) mass is 351 g/mol. The summed E-state index contributed by atoms with van der Waals surface area (Å²) in [5.74, 6) is 0.856. The average Bonchev–Trinajstić information content (AvgIpc) is 2.80. The summed E-state index contributed by atoms with van der Waals surface area (Å²) in [7, 11) is 1.91. The van der Waals surface area contributed by atoms with Gasteiger partial charge < -0.3 is 10.2 Å². The number of benzene rings is 2. The Morgan fingerprint density at radius 1 is 1.04 bits per heavy atom. The molecule has 126 valence electrons. The third kappa shape index (κ3) is 2.97. The molecule has 0 saturated heterocycles. The van der Waals surface area contributed by atoms with E-state index in [0.29, 0.717) is 24.7 Å². The van der Waals surface area contributed by atoms with E-state index in [1.165, 1.54) is 0 Å². The number of nitrogens with one attached hydrogen (secondary N) is 1. The maximum Gasteiger partial charge on any atom is 0.154 e. The molecule has 25 heavy (non-hydrogen) atoms. The van der Waals surface area contributed by atoms with Gasteiger partial charge in [-0.1, -0.05) is 48.0 Å². The summed E-state index contributed by atoms with van der Waals surface area (Å²) in [6.45, 7) is 1.90. The van der Waals surface area contributed by atoms with E-state index in [9.17, 15) is 0 Å². The lowest BCUT2D eigenvalue weighted by Crippen LogP contribution is -2.42. The SMILES string of the molecule is CNCC1=NN=C2CN=C(c3ccccc3Cl)c3ccccc3N2C1. The van der Waals surface area contributed by atoms with Crippen LogP contribution in [0.2, 0.25) is 5.02 Å². The number of anilines is 1. The fourth-order valence-electron chi connectivity index (χ4n) is 3.15.